The molecule has 0 bridgehead atoms. The van der Waals surface area contributed by atoms with Gasteiger partial charge in [0, 0.05) is 35.4 Å². The van der Waals surface area contributed by atoms with Gasteiger partial charge in [0.15, 0.2) is 5.13 Å². The molecule has 140 valence electrons. The largest absolute Gasteiger partial charge is 0.312 e. The number of halogens is 1. The van der Waals surface area contributed by atoms with Crippen LogP contribution in [0.5, 0.6) is 0 Å². The van der Waals surface area contributed by atoms with Crippen LogP contribution in [0.4, 0.5) is 5.13 Å². The number of benzene rings is 1. The molecule has 1 fully saturated rings. The van der Waals surface area contributed by atoms with E-state index in [1.807, 2.05) is 11.8 Å². The van der Waals surface area contributed by atoms with Gasteiger partial charge in [-0.1, -0.05) is 30.3 Å². The number of carbonyl (C=O) groups is 1. The number of thiazole rings is 1. The lowest BCUT2D eigenvalue weighted by Crippen LogP contribution is -2.39. The van der Waals surface area contributed by atoms with E-state index in [9.17, 15) is 4.79 Å². The molecule has 1 aromatic heterocycles. The Morgan fingerprint density at radius 2 is 2.15 bits per heavy atom. The molecular weight excluding hydrogens is 386 g/mol. The number of fused-ring (bicyclic) bond motifs is 1. The van der Waals surface area contributed by atoms with Crippen LogP contribution in [-0.2, 0) is 17.6 Å². The number of hydrogen-bond donors (Lipinski definition) is 2. The predicted molar refractivity (Wildman–Crippen MR) is 113 cm³/mol. The number of aromatic nitrogens is 1. The molecule has 1 saturated heterocycles. The zero-order valence-electron chi connectivity index (χ0n) is 14.6. The van der Waals surface area contributed by atoms with E-state index in [-0.39, 0.29) is 24.4 Å². The van der Waals surface area contributed by atoms with Crippen molar-refractivity contribution in [3.63, 3.8) is 0 Å². The van der Waals surface area contributed by atoms with Gasteiger partial charge in [-0.2, -0.15) is 11.8 Å². The zero-order chi connectivity index (χ0) is 17.1. The second kappa shape index (κ2) is 9.22. The van der Waals surface area contributed by atoms with Crippen LogP contribution in [0, 0.1) is 0 Å². The normalized spacial score (nSPS) is 22.2. The molecule has 1 aliphatic carbocycles. The highest BCUT2D eigenvalue weighted by atomic mass is 35.5. The summed E-state index contributed by atoms with van der Waals surface area (Å²) in [5, 5.41) is 7.20. The van der Waals surface area contributed by atoms with Crippen molar-refractivity contribution in [1.29, 1.82) is 0 Å². The highest BCUT2D eigenvalue weighted by molar-refractivity contribution is 7.99. The maximum Gasteiger partial charge on any atom is 0.227 e. The number of rotatable bonds is 4. The van der Waals surface area contributed by atoms with Gasteiger partial charge in [-0.25, -0.2) is 4.98 Å². The van der Waals surface area contributed by atoms with Crippen LogP contribution in [0.25, 0.3) is 0 Å². The summed E-state index contributed by atoms with van der Waals surface area (Å²) < 4.78 is 0. The van der Waals surface area contributed by atoms with Crippen molar-refractivity contribution >= 4 is 46.5 Å². The highest BCUT2D eigenvalue weighted by Gasteiger charge is 2.24. The van der Waals surface area contributed by atoms with Crippen molar-refractivity contribution < 1.29 is 4.79 Å². The molecule has 2 unspecified atom stereocenters. The van der Waals surface area contributed by atoms with Crippen molar-refractivity contribution in [2.75, 3.05) is 23.4 Å². The first kappa shape index (κ1) is 19.7. The highest BCUT2D eigenvalue weighted by Crippen LogP contribution is 2.36. The molecule has 2 heterocycles. The van der Waals surface area contributed by atoms with Gasteiger partial charge in [0.25, 0.3) is 0 Å². The molecule has 2 aliphatic rings. The summed E-state index contributed by atoms with van der Waals surface area (Å²) in [4.78, 5) is 18.3. The first-order valence-corrected chi connectivity index (χ1v) is 10.9. The van der Waals surface area contributed by atoms with Crippen molar-refractivity contribution in [2.45, 2.75) is 37.6 Å². The second-order valence-corrected chi connectivity index (χ2v) is 8.95. The molecule has 1 amide bonds. The zero-order valence-corrected chi connectivity index (χ0v) is 17.0. The molecule has 2 N–H and O–H groups in total. The molecule has 4 nitrogen and oxygen atoms in total. The van der Waals surface area contributed by atoms with Gasteiger partial charge in [0.1, 0.15) is 0 Å². The Hall–Kier alpha value is -1.08. The van der Waals surface area contributed by atoms with Gasteiger partial charge in [-0.05, 0) is 30.7 Å². The Balaban J connectivity index is 0.00000196. The number of amides is 1. The first-order valence-electron chi connectivity index (χ1n) is 8.92. The molecule has 0 spiro atoms. The Kier molecular flexibility index (Phi) is 6.98. The molecule has 0 radical (unpaired) electrons. The first-order chi connectivity index (χ1) is 12.3. The van der Waals surface area contributed by atoms with Crippen LogP contribution in [0.15, 0.2) is 30.3 Å². The molecular formula is C19H24ClN3OS2. The molecule has 26 heavy (non-hydrogen) atoms. The third-order valence-corrected chi connectivity index (χ3v) is 7.05. The topological polar surface area (TPSA) is 54.0 Å². The SMILES string of the molecule is Cl.O=C(CC1CSCCN1)Nc1nc2c(s1)CC(c1ccccc1)CC2. The Morgan fingerprint density at radius 3 is 2.92 bits per heavy atom. The van der Waals surface area contributed by atoms with Crippen molar-refractivity contribution in [1.82, 2.24) is 10.3 Å². The summed E-state index contributed by atoms with van der Waals surface area (Å²) in [6, 6.07) is 11.0. The van der Waals surface area contributed by atoms with Crippen LogP contribution in [0.3, 0.4) is 0 Å². The smallest absolute Gasteiger partial charge is 0.227 e. The van der Waals surface area contributed by atoms with Crippen molar-refractivity contribution in [2.24, 2.45) is 0 Å². The molecule has 1 aromatic carbocycles. The quantitative estimate of drug-likeness (QED) is 0.804. The van der Waals surface area contributed by atoms with E-state index in [4.69, 9.17) is 0 Å². The molecule has 7 heteroatoms. The van der Waals surface area contributed by atoms with Crippen LogP contribution < -0.4 is 10.6 Å². The molecule has 4 rings (SSSR count). The van der Waals surface area contributed by atoms with Gasteiger partial charge in [0.2, 0.25) is 5.91 Å². The lowest BCUT2D eigenvalue weighted by atomic mass is 9.85. The fourth-order valence-electron chi connectivity index (χ4n) is 3.58. The van der Waals surface area contributed by atoms with E-state index in [1.54, 1.807) is 11.3 Å². The summed E-state index contributed by atoms with van der Waals surface area (Å²) in [6.07, 6.45) is 3.71. The van der Waals surface area contributed by atoms with Crippen LogP contribution in [0.2, 0.25) is 0 Å². The third kappa shape index (κ3) is 4.80. The van der Waals surface area contributed by atoms with E-state index in [0.29, 0.717) is 12.3 Å². The monoisotopic (exact) mass is 409 g/mol. The standard InChI is InChI=1S/C19H23N3OS2.ClH/c23-18(11-15-12-24-9-8-20-15)22-19-21-16-7-6-14(10-17(16)25-19)13-4-2-1-3-5-13;/h1-5,14-15,20H,6-12H2,(H,21,22,23);1H. The van der Waals surface area contributed by atoms with E-state index in [0.717, 1.165) is 42.4 Å². The van der Waals surface area contributed by atoms with E-state index >= 15 is 0 Å². The Bertz CT molecular complexity index is 732. The van der Waals surface area contributed by atoms with Gasteiger partial charge >= 0.3 is 0 Å². The van der Waals surface area contributed by atoms with Gasteiger partial charge in [-0.15, -0.1) is 23.7 Å². The van der Waals surface area contributed by atoms with Gasteiger partial charge < -0.3 is 10.6 Å². The number of carbonyl (C=O) groups excluding carboxylic acids is 1. The summed E-state index contributed by atoms with van der Waals surface area (Å²) in [6.45, 7) is 0.995. The van der Waals surface area contributed by atoms with Crippen LogP contribution >= 0.6 is 35.5 Å². The van der Waals surface area contributed by atoms with E-state index in [2.05, 4.69) is 45.9 Å². The van der Waals surface area contributed by atoms with Crippen LogP contribution in [0.1, 0.15) is 34.9 Å². The number of thioether (sulfide) groups is 1. The lowest BCUT2D eigenvalue weighted by molar-refractivity contribution is -0.116. The van der Waals surface area contributed by atoms with Crippen LogP contribution in [-0.4, -0.2) is 35.0 Å². The second-order valence-electron chi connectivity index (χ2n) is 6.72. The number of anilines is 1. The summed E-state index contributed by atoms with van der Waals surface area (Å²) in [7, 11) is 0. The van der Waals surface area contributed by atoms with E-state index < -0.39 is 0 Å². The maximum absolute atomic E-state index is 12.3. The summed E-state index contributed by atoms with van der Waals surface area (Å²) >= 11 is 3.57. The third-order valence-electron chi connectivity index (χ3n) is 4.89. The minimum Gasteiger partial charge on any atom is -0.312 e. The molecule has 2 aromatic rings. The van der Waals surface area contributed by atoms with E-state index in [1.165, 1.54) is 16.1 Å². The summed E-state index contributed by atoms with van der Waals surface area (Å²) in [5.41, 5.74) is 2.59. The van der Waals surface area contributed by atoms with Crippen molar-refractivity contribution in [3.8, 4) is 0 Å². The maximum atomic E-state index is 12.3. The Morgan fingerprint density at radius 1 is 1.31 bits per heavy atom. The number of nitrogens with one attached hydrogen (secondary N) is 2. The number of hydrogen-bond acceptors (Lipinski definition) is 5. The average Bonchev–Trinajstić information content (AvgIpc) is 3.04. The Labute approximate surface area is 169 Å². The predicted octanol–water partition coefficient (Wildman–Crippen LogP) is 3.87. The fourth-order valence-corrected chi connectivity index (χ4v) is 5.64. The lowest BCUT2D eigenvalue weighted by Gasteiger charge is -2.22. The van der Waals surface area contributed by atoms with Crippen molar-refractivity contribution in [3.05, 3.63) is 46.5 Å². The number of nitrogens with zero attached hydrogens (tertiary/aromatic N) is 1. The minimum absolute atomic E-state index is 0. The molecule has 2 atom stereocenters. The fraction of sp³-hybridized carbons (Fsp3) is 0.474. The minimum atomic E-state index is 0. The van der Waals surface area contributed by atoms with Gasteiger partial charge in [-0.3, -0.25) is 4.79 Å². The summed E-state index contributed by atoms with van der Waals surface area (Å²) in [5.74, 6) is 2.80. The molecule has 0 saturated carbocycles. The average molecular weight is 410 g/mol. The number of aryl methyl sites for hydroxylation is 1. The molecule has 1 aliphatic heterocycles. The van der Waals surface area contributed by atoms with Gasteiger partial charge in [0.05, 0.1) is 5.69 Å².